The maximum atomic E-state index is 4.65. The molecule has 0 saturated carbocycles. The Morgan fingerprint density at radius 2 is 0.905 bits per heavy atom. The van der Waals surface area contributed by atoms with Gasteiger partial charge in [0.25, 0.3) is 0 Å². The molecule has 0 N–H and O–H groups in total. The molecular weight excluding hydrogens is 1200 g/mol. The van der Waals surface area contributed by atoms with Crippen LogP contribution in [0.1, 0.15) is 71.9 Å². The second-order valence-electron chi connectivity index (χ2n) is 22.0. The number of pyridine rings is 2. The summed E-state index contributed by atoms with van der Waals surface area (Å²) in [4.78, 5) is 13.5. The number of benzene rings is 10. The number of hydrogen-bond acceptors (Lipinski definition) is 4. The third-order valence-corrected chi connectivity index (χ3v) is 17.0. The summed E-state index contributed by atoms with van der Waals surface area (Å²) in [6.45, 7) is 4.77. The van der Waals surface area contributed by atoms with E-state index in [1.54, 1.807) is 6.20 Å². The minimum atomic E-state index is -0.0783. The Bertz CT molecular complexity index is 4010. The second-order valence-corrected chi connectivity index (χ2v) is 22.0. The molecule has 0 fully saturated rings. The normalized spacial score (nSPS) is 14.2. The van der Waals surface area contributed by atoms with E-state index in [1.807, 2.05) is 54.7 Å². The minimum absolute atomic E-state index is 0. The zero-order valence-electron chi connectivity index (χ0n) is 47.3. The Labute approximate surface area is 509 Å². The first kappa shape index (κ1) is 55.3. The molecule has 10 aromatic carbocycles. The Morgan fingerprint density at radius 3 is 1.44 bits per heavy atom. The van der Waals surface area contributed by atoms with Crippen molar-refractivity contribution in [1.82, 2.24) is 9.97 Å². The Balaban J connectivity index is 0.000000474. The molecule has 3 unspecified atom stereocenters. The number of hydrogen-bond donors (Lipinski definition) is 0. The number of rotatable bonds is 14. The molecule has 0 saturated heterocycles. The Hall–Kier alpha value is -9.25. The molecule has 14 rings (SSSR count). The topological polar surface area (TPSA) is 32.3 Å². The van der Waals surface area contributed by atoms with Crippen molar-refractivity contribution in [2.24, 2.45) is 0 Å². The van der Waals surface area contributed by atoms with E-state index in [1.165, 1.54) is 55.6 Å². The predicted molar refractivity (Wildman–Crippen MR) is 344 cm³/mol. The molecule has 2 aromatic heterocycles. The van der Waals surface area contributed by atoms with Gasteiger partial charge in [-0.2, -0.15) is 0 Å². The van der Waals surface area contributed by atoms with Crippen molar-refractivity contribution in [2.45, 2.75) is 56.8 Å². The van der Waals surface area contributed by atoms with E-state index in [2.05, 4.69) is 276 Å². The van der Waals surface area contributed by atoms with E-state index >= 15 is 0 Å². The van der Waals surface area contributed by atoms with Crippen LogP contribution < -0.4 is 9.80 Å². The van der Waals surface area contributed by atoms with E-state index in [-0.39, 0.29) is 25.5 Å². The van der Waals surface area contributed by atoms with Gasteiger partial charge >= 0.3 is 0 Å². The fourth-order valence-corrected chi connectivity index (χ4v) is 12.7. The first-order chi connectivity index (χ1) is 41.0. The summed E-state index contributed by atoms with van der Waals surface area (Å²) < 4.78 is 0. The smallest absolute Gasteiger partial charge is 0.0462 e. The summed E-state index contributed by atoms with van der Waals surface area (Å²) in [5, 5.41) is 0. The summed E-state index contributed by atoms with van der Waals surface area (Å²) in [5.41, 5.74) is 24.5. The monoisotopic (exact) mass is 1260 g/mol. The maximum absolute atomic E-state index is 4.65. The van der Waals surface area contributed by atoms with Gasteiger partial charge in [-0.3, -0.25) is 0 Å². The Morgan fingerprint density at radius 1 is 0.429 bits per heavy atom. The molecule has 3 atom stereocenters. The summed E-state index contributed by atoms with van der Waals surface area (Å²) >= 11 is 0. The van der Waals surface area contributed by atoms with Crippen LogP contribution in [0.5, 0.6) is 0 Å². The molecule has 411 valence electrons. The fourth-order valence-electron chi connectivity index (χ4n) is 12.7. The molecule has 1 radical (unpaired) electrons. The third kappa shape index (κ3) is 11.3. The average molecular weight is 1260 g/mol. The Kier molecular flexibility index (Phi) is 16.5. The van der Waals surface area contributed by atoms with Gasteiger partial charge in [-0.1, -0.05) is 172 Å². The molecule has 12 aromatic rings. The molecular formula is C79H64IrN4-2. The third-order valence-electron chi connectivity index (χ3n) is 17.0. The van der Waals surface area contributed by atoms with Crippen LogP contribution in [0.15, 0.2) is 291 Å². The molecule has 0 amide bonds. The summed E-state index contributed by atoms with van der Waals surface area (Å²) in [6.07, 6.45) is 7.82. The van der Waals surface area contributed by atoms with Crippen molar-refractivity contribution in [3.8, 4) is 44.8 Å². The number of para-hydroxylation sites is 3. The number of anilines is 6. The molecule has 0 bridgehead atoms. The van der Waals surface area contributed by atoms with Crippen LogP contribution in [0, 0.1) is 12.1 Å². The molecule has 1 spiro atoms. The van der Waals surface area contributed by atoms with E-state index in [0.717, 1.165) is 82.3 Å². The quantitative estimate of drug-likeness (QED) is 0.102. The van der Waals surface area contributed by atoms with Gasteiger partial charge in [0.1, 0.15) is 0 Å². The maximum Gasteiger partial charge on any atom is 0.0462 e. The van der Waals surface area contributed by atoms with Gasteiger partial charge < -0.3 is 19.8 Å². The molecule has 2 aliphatic carbocycles. The largest absolute Gasteiger partial charge is 0.311 e. The first-order valence-corrected chi connectivity index (χ1v) is 29.1. The van der Waals surface area contributed by atoms with Gasteiger partial charge in [0.05, 0.1) is 0 Å². The first-order valence-electron chi connectivity index (χ1n) is 29.1. The van der Waals surface area contributed by atoms with Crippen LogP contribution in [-0.2, 0) is 38.4 Å². The number of fused-ring (bicyclic) bond motifs is 6. The van der Waals surface area contributed by atoms with Gasteiger partial charge in [0.2, 0.25) is 0 Å². The van der Waals surface area contributed by atoms with Gasteiger partial charge in [-0.25, -0.2) is 0 Å². The van der Waals surface area contributed by atoms with Crippen LogP contribution >= 0.6 is 0 Å². The summed E-state index contributed by atoms with van der Waals surface area (Å²) in [5.74, 6) is 0.818. The van der Waals surface area contributed by atoms with Gasteiger partial charge in [0, 0.05) is 72.0 Å². The predicted octanol–water partition coefficient (Wildman–Crippen LogP) is 20.5. The molecule has 2 heterocycles. The molecule has 5 heteroatoms. The zero-order valence-corrected chi connectivity index (χ0v) is 49.7. The van der Waals surface area contributed by atoms with E-state index in [4.69, 9.17) is 0 Å². The molecule has 0 aliphatic heterocycles. The SMILES string of the molecule is CCC(CC(C)c1ccc(N(c2ccccc2)c2ccc(-c3ccc(N(c4ccccc4)c4ccccc4)cc3)cc2)cc1)c1ccc2c(c1)C1(Cc3c[c-]c(-c4ccccn4)cc3C1)c1ccccc1-2.[Ir].[c-]1ccccc1-c1ccccn1. The van der Waals surface area contributed by atoms with Crippen LogP contribution in [-0.4, -0.2) is 9.97 Å². The zero-order chi connectivity index (χ0) is 56.0. The van der Waals surface area contributed by atoms with Gasteiger partial charge in [0.15, 0.2) is 0 Å². The molecule has 84 heavy (non-hydrogen) atoms. The van der Waals surface area contributed by atoms with Crippen LogP contribution in [0.4, 0.5) is 34.1 Å². The van der Waals surface area contributed by atoms with Crippen molar-refractivity contribution in [1.29, 1.82) is 0 Å². The van der Waals surface area contributed by atoms with Crippen molar-refractivity contribution < 1.29 is 20.1 Å². The van der Waals surface area contributed by atoms with Gasteiger partial charge in [-0.15, -0.1) is 70.8 Å². The van der Waals surface area contributed by atoms with Crippen LogP contribution in [0.2, 0.25) is 0 Å². The van der Waals surface area contributed by atoms with Gasteiger partial charge in [-0.05, 0) is 178 Å². The molecule has 4 nitrogen and oxygen atoms in total. The van der Waals surface area contributed by atoms with Crippen molar-refractivity contribution in [3.05, 3.63) is 337 Å². The van der Waals surface area contributed by atoms with Crippen LogP contribution in [0.3, 0.4) is 0 Å². The van der Waals surface area contributed by atoms with E-state index < -0.39 is 0 Å². The van der Waals surface area contributed by atoms with Crippen LogP contribution in [0.25, 0.3) is 44.8 Å². The fraction of sp³-hybridized carbons (Fsp3) is 0.114. The second kappa shape index (κ2) is 25.1. The number of nitrogens with zero attached hydrogens (tertiary/aromatic N) is 4. The summed E-state index contributed by atoms with van der Waals surface area (Å²) in [7, 11) is 0. The van der Waals surface area contributed by atoms with E-state index in [9.17, 15) is 0 Å². The minimum Gasteiger partial charge on any atom is -0.311 e. The van der Waals surface area contributed by atoms with E-state index in [0.29, 0.717) is 11.8 Å². The average Bonchev–Trinajstić information content (AvgIpc) is 1.80. The van der Waals surface area contributed by atoms with Crippen molar-refractivity contribution >= 4 is 34.1 Å². The summed E-state index contributed by atoms with van der Waals surface area (Å²) in [6, 6.07) is 107. The van der Waals surface area contributed by atoms with Crippen molar-refractivity contribution in [3.63, 3.8) is 0 Å². The molecule has 2 aliphatic rings. The standard InChI is InChI=1S/C68H56N3.C11H8N.Ir/c1-3-49(53-34-41-64-63-23-13-14-24-65(63)68(66(64)45-53)46-55-27-26-54(44-56(55)47-68)67-25-15-16-42-69-67)43-48(2)50-28-35-60(36-29-50)71(59-21-11-6-12-22-59)62-39-32-52(33-40-62)51-30-37-61(38-31-51)70(57-17-7-4-8-18-57)58-19-9-5-10-20-58;1-2-6-10(7-3-1)11-8-4-5-9-12-11;/h4-25,27-42,44-45,48-49H,3,43,46-47H2,1-2H3;1-6,8-9H;/q2*-1;. The number of aromatic nitrogens is 2. The van der Waals surface area contributed by atoms with Crippen molar-refractivity contribution in [2.75, 3.05) is 9.80 Å².